The molecule has 1 unspecified atom stereocenters. The molecule has 0 fully saturated rings. The lowest BCUT2D eigenvalue weighted by atomic mass is 10.1. The molecule has 1 aromatic carbocycles. The van der Waals surface area contributed by atoms with E-state index < -0.39 is 0 Å². The molecule has 0 saturated heterocycles. The molecule has 0 aliphatic carbocycles. The fraction of sp³-hybridized carbons (Fsp3) is 0.500. The summed E-state index contributed by atoms with van der Waals surface area (Å²) < 4.78 is 0. The Morgan fingerprint density at radius 3 is 2.47 bits per heavy atom. The Labute approximate surface area is 106 Å². The van der Waals surface area contributed by atoms with E-state index in [1.807, 2.05) is 23.9 Å². The molecule has 0 aliphatic heterocycles. The van der Waals surface area contributed by atoms with Crippen LogP contribution in [0.15, 0.2) is 29.2 Å². The van der Waals surface area contributed by atoms with E-state index in [1.165, 1.54) is 11.3 Å². The third-order valence-electron chi connectivity index (χ3n) is 2.29. The molecule has 0 amide bonds. The zero-order valence-corrected chi connectivity index (χ0v) is 11.2. The minimum atomic E-state index is 0.724. The zero-order chi connectivity index (χ0) is 11.1. The minimum Gasteiger partial charge on any atom is -0.127 e. The number of benzene rings is 1. The average Bonchev–Trinajstić information content (AvgIpc) is 2.21. The average molecular weight is 263 g/mol. The van der Waals surface area contributed by atoms with Crippen molar-refractivity contribution in [3.63, 3.8) is 0 Å². The summed E-state index contributed by atoms with van der Waals surface area (Å²) in [6, 6.07) is 8.01. The molecule has 0 bridgehead atoms. The molecule has 0 heterocycles. The summed E-state index contributed by atoms with van der Waals surface area (Å²) in [7, 11) is 0. The van der Waals surface area contributed by atoms with Gasteiger partial charge >= 0.3 is 0 Å². The second-order valence-corrected chi connectivity index (χ2v) is 5.66. The lowest BCUT2D eigenvalue weighted by Gasteiger charge is -2.08. The number of thioether (sulfide) groups is 1. The molecule has 1 rings (SSSR count). The number of hydrogen-bond donors (Lipinski definition) is 0. The Kier molecular flexibility index (Phi) is 6.54. The van der Waals surface area contributed by atoms with Gasteiger partial charge < -0.3 is 0 Å². The van der Waals surface area contributed by atoms with Crippen LogP contribution < -0.4 is 0 Å². The van der Waals surface area contributed by atoms with E-state index in [9.17, 15) is 0 Å². The Hall–Kier alpha value is 0.150. The van der Waals surface area contributed by atoms with Crippen molar-refractivity contribution in [1.82, 2.24) is 0 Å². The van der Waals surface area contributed by atoms with Gasteiger partial charge in [0.2, 0.25) is 0 Å². The molecule has 1 aromatic rings. The first-order valence-electron chi connectivity index (χ1n) is 5.16. The smallest absolute Gasteiger partial charge is 0.0406 e. The number of halogens is 2. The first kappa shape index (κ1) is 13.2. The highest BCUT2D eigenvalue weighted by atomic mass is 35.5. The molecule has 0 radical (unpaired) electrons. The second kappa shape index (κ2) is 7.43. The monoisotopic (exact) mass is 262 g/mol. The van der Waals surface area contributed by atoms with Crippen molar-refractivity contribution in [3.05, 3.63) is 29.3 Å². The number of alkyl halides is 1. The van der Waals surface area contributed by atoms with Crippen LogP contribution in [0, 0.1) is 5.92 Å². The predicted molar refractivity (Wildman–Crippen MR) is 71.3 cm³/mol. The van der Waals surface area contributed by atoms with Crippen LogP contribution in [-0.2, 0) is 0 Å². The Bertz CT molecular complexity index is 271. The van der Waals surface area contributed by atoms with Crippen LogP contribution in [0.5, 0.6) is 0 Å². The van der Waals surface area contributed by atoms with E-state index in [2.05, 4.69) is 19.1 Å². The molecule has 0 spiro atoms. The van der Waals surface area contributed by atoms with Crippen molar-refractivity contribution in [2.45, 2.75) is 24.7 Å². The Morgan fingerprint density at radius 1 is 1.20 bits per heavy atom. The van der Waals surface area contributed by atoms with Crippen LogP contribution in [0.3, 0.4) is 0 Å². The maximum absolute atomic E-state index is 5.81. The van der Waals surface area contributed by atoms with Gasteiger partial charge in [0.05, 0.1) is 0 Å². The van der Waals surface area contributed by atoms with Gasteiger partial charge in [-0.15, -0.1) is 23.4 Å². The lowest BCUT2D eigenvalue weighted by Crippen LogP contribution is -1.96. The Balaban J connectivity index is 2.22. The first-order valence-corrected chi connectivity index (χ1v) is 7.06. The first-order chi connectivity index (χ1) is 7.22. The molecule has 0 aliphatic rings. The maximum atomic E-state index is 5.81. The SMILES string of the molecule is CC(CCCl)CCSc1ccc(Cl)cc1. The van der Waals surface area contributed by atoms with Gasteiger partial charge in [0.15, 0.2) is 0 Å². The highest BCUT2D eigenvalue weighted by Gasteiger charge is 2.01. The lowest BCUT2D eigenvalue weighted by molar-refractivity contribution is 0.552. The van der Waals surface area contributed by atoms with Crippen molar-refractivity contribution in [2.75, 3.05) is 11.6 Å². The molecule has 0 N–H and O–H groups in total. The van der Waals surface area contributed by atoms with E-state index in [-0.39, 0.29) is 0 Å². The molecule has 84 valence electrons. The fourth-order valence-electron chi connectivity index (χ4n) is 1.24. The third-order valence-corrected chi connectivity index (χ3v) is 3.81. The van der Waals surface area contributed by atoms with E-state index in [0.29, 0.717) is 0 Å². The van der Waals surface area contributed by atoms with Gasteiger partial charge in [0, 0.05) is 15.8 Å². The molecular formula is C12H16Cl2S. The van der Waals surface area contributed by atoms with Crippen LogP contribution in [-0.4, -0.2) is 11.6 Å². The van der Waals surface area contributed by atoms with Crippen LogP contribution in [0.1, 0.15) is 19.8 Å². The van der Waals surface area contributed by atoms with Crippen LogP contribution >= 0.6 is 35.0 Å². The highest BCUT2D eigenvalue weighted by Crippen LogP contribution is 2.23. The van der Waals surface area contributed by atoms with Gasteiger partial charge in [-0.2, -0.15) is 0 Å². The van der Waals surface area contributed by atoms with Crippen molar-refractivity contribution in [2.24, 2.45) is 5.92 Å². The van der Waals surface area contributed by atoms with Crippen molar-refractivity contribution >= 4 is 35.0 Å². The summed E-state index contributed by atoms with van der Waals surface area (Å²) >= 11 is 13.4. The van der Waals surface area contributed by atoms with Gasteiger partial charge in [-0.25, -0.2) is 0 Å². The number of hydrogen-bond acceptors (Lipinski definition) is 1. The second-order valence-electron chi connectivity index (χ2n) is 3.67. The molecule has 0 aromatic heterocycles. The van der Waals surface area contributed by atoms with E-state index >= 15 is 0 Å². The summed E-state index contributed by atoms with van der Waals surface area (Å²) in [5.41, 5.74) is 0. The molecule has 15 heavy (non-hydrogen) atoms. The summed E-state index contributed by atoms with van der Waals surface area (Å²) in [4.78, 5) is 1.29. The summed E-state index contributed by atoms with van der Waals surface area (Å²) in [5.74, 6) is 2.65. The van der Waals surface area contributed by atoms with Gasteiger partial charge in [0.1, 0.15) is 0 Å². The van der Waals surface area contributed by atoms with Gasteiger partial charge in [-0.3, -0.25) is 0 Å². The van der Waals surface area contributed by atoms with Crippen molar-refractivity contribution in [3.8, 4) is 0 Å². The van der Waals surface area contributed by atoms with Gasteiger partial charge in [-0.05, 0) is 48.8 Å². The number of rotatable bonds is 6. The van der Waals surface area contributed by atoms with Gasteiger partial charge in [-0.1, -0.05) is 18.5 Å². The van der Waals surface area contributed by atoms with Gasteiger partial charge in [0.25, 0.3) is 0 Å². The van der Waals surface area contributed by atoms with Crippen LogP contribution in [0.2, 0.25) is 5.02 Å². The Morgan fingerprint density at radius 2 is 1.87 bits per heavy atom. The van der Waals surface area contributed by atoms with E-state index in [0.717, 1.165) is 29.0 Å². The molecular weight excluding hydrogens is 247 g/mol. The van der Waals surface area contributed by atoms with Crippen LogP contribution in [0.4, 0.5) is 0 Å². The van der Waals surface area contributed by atoms with Crippen molar-refractivity contribution < 1.29 is 0 Å². The van der Waals surface area contributed by atoms with Crippen LogP contribution in [0.25, 0.3) is 0 Å². The van der Waals surface area contributed by atoms with Crippen molar-refractivity contribution in [1.29, 1.82) is 0 Å². The van der Waals surface area contributed by atoms with E-state index in [1.54, 1.807) is 0 Å². The zero-order valence-electron chi connectivity index (χ0n) is 8.88. The standard InChI is InChI=1S/C12H16Cl2S/c1-10(6-8-13)7-9-15-12-4-2-11(14)3-5-12/h2-5,10H,6-9H2,1H3. The maximum Gasteiger partial charge on any atom is 0.0406 e. The molecule has 3 heteroatoms. The molecule has 0 nitrogen and oxygen atoms in total. The fourth-order valence-corrected chi connectivity index (χ4v) is 2.82. The molecule has 0 saturated carbocycles. The topological polar surface area (TPSA) is 0 Å². The van der Waals surface area contributed by atoms with E-state index in [4.69, 9.17) is 23.2 Å². The summed E-state index contributed by atoms with van der Waals surface area (Å²) in [6.45, 7) is 2.25. The minimum absolute atomic E-state index is 0.724. The largest absolute Gasteiger partial charge is 0.127 e. The predicted octanol–water partition coefficient (Wildman–Crippen LogP) is 5.09. The third kappa shape index (κ3) is 5.70. The highest BCUT2D eigenvalue weighted by molar-refractivity contribution is 7.99. The molecule has 1 atom stereocenters. The normalized spacial score (nSPS) is 12.7. The summed E-state index contributed by atoms with van der Waals surface area (Å²) in [5, 5.41) is 0.801. The summed E-state index contributed by atoms with van der Waals surface area (Å²) in [6.07, 6.45) is 2.34. The quantitative estimate of drug-likeness (QED) is 0.509.